The number of benzene rings is 2. The summed E-state index contributed by atoms with van der Waals surface area (Å²) in [5.74, 6) is -0.0689. The highest BCUT2D eigenvalue weighted by atomic mass is 16.6. The molecule has 2 amide bonds. The molecule has 3 aromatic rings. The molecule has 0 aliphatic carbocycles. The van der Waals surface area contributed by atoms with Crippen molar-refractivity contribution in [2.24, 2.45) is 0 Å². The lowest BCUT2D eigenvalue weighted by molar-refractivity contribution is -0.384. The number of nitro groups is 1. The van der Waals surface area contributed by atoms with Gasteiger partial charge < -0.3 is 9.15 Å². The van der Waals surface area contributed by atoms with Gasteiger partial charge in [-0.3, -0.25) is 30.6 Å². The molecule has 2 N–H and O–H groups in total. The van der Waals surface area contributed by atoms with Gasteiger partial charge in [0.25, 0.3) is 11.6 Å². The summed E-state index contributed by atoms with van der Waals surface area (Å²) >= 11 is 0. The first-order valence-corrected chi connectivity index (χ1v) is 8.81. The molecule has 0 radical (unpaired) electrons. The summed E-state index contributed by atoms with van der Waals surface area (Å²) in [5, 5.41) is 10.6. The van der Waals surface area contributed by atoms with Gasteiger partial charge in [-0.15, -0.1) is 0 Å². The number of carbonyl (C=O) groups is 2. The summed E-state index contributed by atoms with van der Waals surface area (Å²) in [5.41, 5.74) is 5.00. The predicted octanol–water partition coefficient (Wildman–Crippen LogP) is 3.24. The Labute approximate surface area is 171 Å². The number of carbonyl (C=O) groups excluding carboxylic acids is 2. The molecular formula is C21H17N3O6. The maximum Gasteiger partial charge on any atom is 0.305 e. The third-order valence-electron chi connectivity index (χ3n) is 3.84. The number of rotatable bonds is 7. The van der Waals surface area contributed by atoms with Crippen LogP contribution in [0.3, 0.4) is 0 Å². The molecule has 2 aromatic carbocycles. The van der Waals surface area contributed by atoms with Crippen molar-refractivity contribution < 1.29 is 23.7 Å². The number of hydrogen-bond acceptors (Lipinski definition) is 6. The molecule has 0 saturated heterocycles. The van der Waals surface area contributed by atoms with Crippen LogP contribution in [-0.4, -0.2) is 16.7 Å². The van der Waals surface area contributed by atoms with Crippen LogP contribution in [-0.2, 0) is 11.4 Å². The number of nitrogens with one attached hydrogen (secondary N) is 2. The van der Waals surface area contributed by atoms with E-state index in [0.717, 1.165) is 0 Å². The van der Waals surface area contributed by atoms with Crippen molar-refractivity contribution >= 4 is 23.6 Å². The monoisotopic (exact) mass is 407 g/mol. The Bertz CT molecular complexity index is 1060. The Hall–Kier alpha value is -4.40. The third-order valence-corrected chi connectivity index (χ3v) is 3.84. The second kappa shape index (κ2) is 9.69. The minimum atomic E-state index is -0.627. The summed E-state index contributed by atoms with van der Waals surface area (Å²) in [6.07, 6.45) is 2.64. The highest BCUT2D eigenvalue weighted by Crippen LogP contribution is 2.14. The molecule has 0 aliphatic heterocycles. The molecule has 0 atom stereocenters. The van der Waals surface area contributed by atoms with Crippen LogP contribution in [0.1, 0.15) is 21.9 Å². The second-order valence-electron chi connectivity index (χ2n) is 5.99. The van der Waals surface area contributed by atoms with Crippen molar-refractivity contribution in [1.82, 2.24) is 10.9 Å². The van der Waals surface area contributed by atoms with E-state index in [9.17, 15) is 19.7 Å². The van der Waals surface area contributed by atoms with Crippen LogP contribution in [0.2, 0.25) is 0 Å². The zero-order chi connectivity index (χ0) is 21.3. The lowest BCUT2D eigenvalue weighted by Crippen LogP contribution is -2.40. The van der Waals surface area contributed by atoms with Crippen LogP contribution >= 0.6 is 0 Å². The Kier molecular flexibility index (Phi) is 6.57. The lowest BCUT2D eigenvalue weighted by Gasteiger charge is -2.04. The van der Waals surface area contributed by atoms with Crippen LogP contribution < -0.4 is 15.6 Å². The largest absolute Gasteiger partial charge is 0.486 e. The fraction of sp³-hybridized carbons (Fsp3) is 0.0476. The summed E-state index contributed by atoms with van der Waals surface area (Å²) in [7, 11) is 0. The van der Waals surface area contributed by atoms with Crippen LogP contribution in [0.15, 0.2) is 77.2 Å². The zero-order valence-electron chi connectivity index (χ0n) is 15.6. The number of para-hydroxylation sites is 1. The normalized spacial score (nSPS) is 10.5. The van der Waals surface area contributed by atoms with Crippen LogP contribution in [0.5, 0.6) is 5.75 Å². The maximum atomic E-state index is 12.1. The number of hydrazine groups is 1. The second-order valence-corrected chi connectivity index (χ2v) is 5.99. The first-order chi connectivity index (χ1) is 14.5. The quantitative estimate of drug-likeness (QED) is 0.352. The molecule has 0 unspecified atom stereocenters. The Morgan fingerprint density at radius 1 is 1.00 bits per heavy atom. The number of ether oxygens (including phenoxy) is 1. The molecular weight excluding hydrogens is 390 g/mol. The number of furan rings is 1. The Morgan fingerprint density at radius 2 is 1.73 bits per heavy atom. The molecule has 0 fully saturated rings. The van der Waals surface area contributed by atoms with Gasteiger partial charge in [-0.2, -0.15) is 0 Å². The average Bonchev–Trinajstić information content (AvgIpc) is 3.25. The molecule has 3 rings (SSSR count). The minimum absolute atomic E-state index is 0.0151. The summed E-state index contributed by atoms with van der Waals surface area (Å²) in [4.78, 5) is 34.0. The number of hydrogen-bond donors (Lipinski definition) is 2. The van der Waals surface area contributed by atoms with Gasteiger partial charge in [0.05, 0.1) is 4.92 Å². The Morgan fingerprint density at radius 3 is 2.43 bits per heavy atom. The topological polar surface area (TPSA) is 124 Å². The van der Waals surface area contributed by atoms with E-state index in [4.69, 9.17) is 9.15 Å². The smallest absolute Gasteiger partial charge is 0.305 e. The average molecular weight is 407 g/mol. The van der Waals surface area contributed by atoms with Crippen molar-refractivity contribution in [3.63, 3.8) is 0 Å². The molecule has 0 aliphatic rings. The van der Waals surface area contributed by atoms with Gasteiger partial charge in [0.2, 0.25) is 0 Å². The van der Waals surface area contributed by atoms with Gasteiger partial charge >= 0.3 is 5.91 Å². The van der Waals surface area contributed by atoms with Crippen LogP contribution in [0.25, 0.3) is 6.08 Å². The van der Waals surface area contributed by atoms with E-state index in [2.05, 4.69) is 10.9 Å². The Balaban J connectivity index is 1.46. The number of non-ortho nitro benzene ring substituents is 1. The van der Waals surface area contributed by atoms with E-state index >= 15 is 0 Å². The van der Waals surface area contributed by atoms with E-state index in [1.165, 1.54) is 42.5 Å². The van der Waals surface area contributed by atoms with E-state index in [-0.39, 0.29) is 18.1 Å². The van der Waals surface area contributed by atoms with Gasteiger partial charge in [-0.05, 0) is 48.0 Å². The lowest BCUT2D eigenvalue weighted by atomic mass is 10.2. The molecule has 1 aromatic heterocycles. The van der Waals surface area contributed by atoms with Gasteiger partial charge in [-0.1, -0.05) is 18.2 Å². The molecule has 152 valence electrons. The highest BCUT2D eigenvalue weighted by molar-refractivity contribution is 5.96. The van der Waals surface area contributed by atoms with Crippen LogP contribution in [0.4, 0.5) is 5.69 Å². The van der Waals surface area contributed by atoms with Crippen molar-refractivity contribution in [3.05, 3.63) is 100 Å². The van der Waals surface area contributed by atoms with E-state index in [1.807, 2.05) is 18.2 Å². The SMILES string of the molecule is O=C(/C=C/c1ccc([N+](=O)[O-])cc1)NNC(=O)c1ccc(COc2ccccc2)o1. The van der Waals surface area contributed by atoms with E-state index in [0.29, 0.717) is 17.1 Å². The first-order valence-electron chi connectivity index (χ1n) is 8.81. The fourth-order valence-corrected chi connectivity index (χ4v) is 2.35. The molecule has 9 heteroatoms. The zero-order valence-corrected chi connectivity index (χ0v) is 15.6. The van der Waals surface area contributed by atoms with Crippen molar-refractivity contribution in [1.29, 1.82) is 0 Å². The molecule has 1 heterocycles. The molecule has 30 heavy (non-hydrogen) atoms. The maximum absolute atomic E-state index is 12.1. The van der Waals surface area contributed by atoms with Gasteiger partial charge in [0.15, 0.2) is 5.76 Å². The van der Waals surface area contributed by atoms with Gasteiger partial charge in [-0.25, -0.2) is 0 Å². The first kappa shape index (κ1) is 20.3. The molecule has 9 nitrogen and oxygen atoms in total. The van der Waals surface area contributed by atoms with Gasteiger partial charge in [0.1, 0.15) is 18.1 Å². The van der Waals surface area contributed by atoms with E-state index in [1.54, 1.807) is 18.2 Å². The predicted molar refractivity (Wildman–Crippen MR) is 107 cm³/mol. The highest BCUT2D eigenvalue weighted by Gasteiger charge is 2.12. The minimum Gasteiger partial charge on any atom is -0.486 e. The van der Waals surface area contributed by atoms with Crippen molar-refractivity contribution in [3.8, 4) is 5.75 Å². The third kappa shape index (κ3) is 5.80. The fourth-order valence-electron chi connectivity index (χ4n) is 2.35. The number of nitrogens with zero attached hydrogens (tertiary/aromatic N) is 1. The molecule has 0 spiro atoms. The van der Waals surface area contributed by atoms with Crippen molar-refractivity contribution in [2.45, 2.75) is 6.61 Å². The van der Waals surface area contributed by atoms with Crippen LogP contribution in [0, 0.1) is 10.1 Å². The molecule has 0 bridgehead atoms. The standard InChI is InChI=1S/C21H17N3O6/c25-20(13-8-15-6-9-16(10-7-15)24(27)28)22-23-21(26)19-12-11-18(30-19)14-29-17-4-2-1-3-5-17/h1-13H,14H2,(H,22,25)(H,23,26)/b13-8+. The molecule has 0 saturated carbocycles. The summed E-state index contributed by atoms with van der Waals surface area (Å²) in [6.45, 7) is 0.154. The summed E-state index contributed by atoms with van der Waals surface area (Å²) in [6, 6.07) is 17.9. The number of nitro benzene ring substituents is 1. The van der Waals surface area contributed by atoms with Crippen molar-refractivity contribution in [2.75, 3.05) is 0 Å². The summed E-state index contributed by atoms with van der Waals surface area (Å²) < 4.78 is 10.9. The van der Waals surface area contributed by atoms with Gasteiger partial charge in [0, 0.05) is 18.2 Å². The number of amides is 2. The van der Waals surface area contributed by atoms with E-state index < -0.39 is 16.7 Å².